The standard InChI is InChI=1S/C23H17F6N3O5S3/c1-10-13(21(24,25)26)4-7-16(18(10)20(34)32-11-2-5-14(19(30)33)31-9-11)35-15-6-3-12(36-22(27,28)29)8-17(15)37-23(38,39)40/h2-9,38-40H,1H3,(H2,30,33)(H,32,34). The molecule has 214 valence electrons. The van der Waals surface area contributed by atoms with Gasteiger partial charge < -0.3 is 25.3 Å². The van der Waals surface area contributed by atoms with Crippen LogP contribution in [0.1, 0.15) is 32.0 Å². The molecule has 0 aliphatic heterocycles. The second kappa shape index (κ2) is 11.6. The summed E-state index contributed by atoms with van der Waals surface area (Å²) in [4.78, 5) is 28.1. The van der Waals surface area contributed by atoms with Gasteiger partial charge in [-0.1, -0.05) is 0 Å². The summed E-state index contributed by atoms with van der Waals surface area (Å²) >= 11 is 11.7. The summed E-state index contributed by atoms with van der Waals surface area (Å²) in [5.74, 6) is -3.89. The number of benzene rings is 2. The van der Waals surface area contributed by atoms with Crippen LogP contribution >= 0.6 is 37.9 Å². The van der Waals surface area contributed by atoms with Crippen LogP contribution in [0.25, 0.3) is 0 Å². The first kappa shape index (κ1) is 31.1. The van der Waals surface area contributed by atoms with Crippen LogP contribution < -0.4 is 25.3 Å². The average molecular weight is 626 g/mol. The minimum absolute atomic E-state index is 0.000409. The van der Waals surface area contributed by atoms with Crippen molar-refractivity contribution in [2.24, 2.45) is 5.73 Å². The highest BCUT2D eigenvalue weighted by Gasteiger charge is 2.36. The Kier molecular flexibility index (Phi) is 9.00. The molecular formula is C23H17F6N3O5S3. The monoisotopic (exact) mass is 625 g/mol. The van der Waals surface area contributed by atoms with Crippen molar-refractivity contribution in [2.75, 3.05) is 5.32 Å². The van der Waals surface area contributed by atoms with Crippen molar-refractivity contribution >= 4 is 55.4 Å². The predicted molar refractivity (Wildman–Crippen MR) is 140 cm³/mol. The molecule has 2 aromatic carbocycles. The molecule has 3 aromatic rings. The minimum Gasteiger partial charge on any atom is -0.455 e. The SMILES string of the molecule is Cc1c(C(F)(F)F)ccc(Oc2ccc(OC(F)(F)F)cc2OC(S)(S)S)c1C(=O)Nc1ccc(C(N)=O)nc1. The van der Waals surface area contributed by atoms with Crippen LogP contribution in [0.5, 0.6) is 23.0 Å². The third-order valence-electron chi connectivity index (χ3n) is 4.85. The normalized spacial score (nSPS) is 12.1. The summed E-state index contributed by atoms with van der Waals surface area (Å²) in [6.07, 6.45) is -8.85. The zero-order chi connectivity index (χ0) is 30.0. The second-order valence-electron chi connectivity index (χ2n) is 7.79. The topological polar surface area (TPSA) is 113 Å². The minimum atomic E-state index is -5.06. The number of nitrogens with zero attached hydrogens (tertiary/aromatic N) is 1. The van der Waals surface area contributed by atoms with E-state index in [-0.39, 0.29) is 17.1 Å². The number of primary amides is 1. The maximum Gasteiger partial charge on any atom is 0.573 e. The Morgan fingerprint density at radius 2 is 1.55 bits per heavy atom. The number of anilines is 1. The van der Waals surface area contributed by atoms with E-state index in [2.05, 4.69) is 52.9 Å². The van der Waals surface area contributed by atoms with Crippen LogP contribution in [-0.4, -0.2) is 26.8 Å². The molecule has 0 spiro atoms. The van der Waals surface area contributed by atoms with E-state index in [1.807, 2.05) is 0 Å². The Balaban J connectivity index is 2.08. The van der Waals surface area contributed by atoms with Gasteiger partial charge in [-0.05, 0) is 48.9 Å². The molecule has 17 heteroatoms. The summed E-state index contributed by atoms with van der Waals surface area (Å²) < 4.78 is 92.0. The molecule has 0 fully saturated rings. The van der Waals surface area contributed by atoms with E-state index in [0.717, 1.165) is 37.4 Å². The van der Waals surface area contributed by atoms with Gasteiger partial charge in [0.05, 0.1) is 23.0 Å². The van der Waals surface area contributed by atoms with E-state index < -0.39 is 61.9 Å². The molecule has 1 heterocycles. The molecule has 3 N–H and O–H groups in total. The van der Waals surface area contributed by atoms with Gasteiger partial charge in [0.1, 0.15) is 17.2 Å². The fraction of sp³-hybridized carbons (Fsp3) is 0.174. The van der Waals surface area contributed by atoms with Crippen LogP contribution in [0.4, 0.5) is 32.0 Å². The Morgan fingerprint density at radius 3 is 2.08 bits per heavy atom. The smallest absolute Gasteiger partial charge is 0.455 e. The maximum atomic E-state index is 13.6. The third-order valence-corrected chi connectivity index (χ3v) is 5.12. The first-order valence-corrected chi connectivity index (χ1v) is 11.9. The zero-order valence-corrected chi connectivity index (χ0v) is 22.5. The van der Waals surface area contributed by atoms with E-state index >= 15 is 0 Å². The number of hydrogen-bond donors (Lipinski definition) is 5. The molecule has 8 nitrogen and oxygen atoms in total. The lowest BCUT2D eigenvalue weighted by molar-refractivity contribution is -0.274. The van der Waals surface area contributed by atoms with Crippen LogP contribution in [-0.2, 0) is 6.18 Å². The molecule has 2 amide bonds. The molecule has 3 rings (SSSR count). The lowest BCUT2D eigenvalue weighted by Crippen LogP contribution is -2.19. The number of carbonyl (C=O) groups excluding carboxylic acids is 2. The number of pyridine rings is 1. The third kappa shape index (κ3) is 8.28. The van der Waals surface area contributed by atoms with Crippen molar-refractivity contribution < 1.29 is 50.1 Å². The number of carbonyl (C=O) groups is 2. The van der Waals surface area contributed by atoms with Crippen molar-refractivity contribution in [1.82, 2.24) is 4.98 Å². The number of ether oxygens (including phenoxy) is 3. The van der Waals surface area contributed by atoms with Crippen LogP contribution in [0.2, 0.25) is 0 Å². The summed E-state index contributed by atoms with van der Waals surface area (Å²) in [5.41, 5.74) is 2.72. The Morgan fingerprint density at radius 1 is 0.900 bits per heavy atom. The summed E-state index contributed by atoms with van der Waals surface area (Å²) in [6, 6.07) is 6.48. The van der Waals surface area contributed by atoms with Gasteiger partial charge >= 0.3 is 12.5 Å². The van der Waals surface area contributed by atoms with Crippen molar-refractivity contribution in [2.45, 2.75) is 23.1 Å². The molecule has 40 heavy (non-hydrogen) atoms. The highest BCUT2D eigenvalue weighted by Crippen LogP contribution is 2.43. The van der Waals surface area contributed by atoms with Crippen LogP contribution in [0, 0.1) is 6.92 Å². The Labute approximate surface area is 238 Å². The van der Waals surface area contributed by atoms with Crippen molar-refractivity contribution in [3.05, 3.63) is 71.0 Å². The van der Waals surface area contributed by atoms with E-state index in [0.29, 0.717) is 6.07 Å². The predicted octanol–water partition coefficient (Wildman–Crippen LogP) is 6.23. The Bertz CT molecular complexity index is 1430. The van der Waals surface area contributed by atoms with Gasteiger partial charge in [-0.15, -0.1) is 51.1 Å². The number of alkyl halides is 6. The van der Waals surface area contributed by atoms with Crippen LogP contribution in [0.15, 0.2) is 48.7 Å². The second-order valence-corrected chi connectivity index (χ2v) is 10.7. The zero-order valence-electron chi connectivity index (χ0n) is 19.8. The largest absolute Gasteiger partial charge is 0.573 e. The molecule has 0 bridgehead atoms. The van der Waals surface area contributed by atoms with E-state index in [4.69, 9.17) is 15.2 Å². The lowest BCUT2D eigenvalue weighted by atomic mass is 10.00. The molecule has 0 aliphatic rings. The molecule has 0 atom stereocenters. The van der Waals surface area contributed by atoms with Crippen molar-refractivity contribution in [3.63, 3.8) is 0 Å². The van der Waals surface area contributed by atoms with Gasteiger partial charge in [0.2, 0.25) is 3.60 Å². The van der Waals surface area contributed by atoms with E-state index in [1.54, 1.807) is 0 Å². The highest BCUT2D eigenvalue weighted by atomic mass is 32.2. The Hall–Kier alpha value is -3.44. The number of amides is 2. The number of nitrogens with one attached hydrogen (secondary N) is 1. The van der Waals surface area contributed by atoms with Gasteiger partial charge in [-0.25, -0.2) is 4.98 Å². The molecule has 0 aliphatic carbocycles. The number of halogens is 6. The van der Waals surface area contributed by atoms with Gasteiger partial charge in [-0.2, -0.15) is 13.2 Å². The summed E-state index contributed by atoms with van der Waals surface area (Å²) in [6.45, 7) is 1.02. The number of thiol groups is 3. The molecular weight excluding hydrogens is 608 g/mol. The van der Waals surface area contributed by atoms with Crippen molar-refractivity contribution in [3.8, 4) is 23.0 Å². The molecule has 0 unspecified atom stereocenters. The maximum absolute atomic E-state index is 13.6. The fourth-order valence-electron chi connectivity index (χ4n) is 3.28. The van der Waals surface area contributed by atoms with E-state index in [1.165, 1.54) is 12.1 Å². The highest BCUT2D eigenvalue weighted by molar-refractivity contribution is 8.16. The molecule has 0 saturated carbocycles. The van der Waals surface area contributed by atoms with Gasteiger partial charge in [0, 0.05) is 6.07 Å². The quantitative estimate of drug-likeness (QED) is 0.115. The lowest BCUT2D eigenvalue weighted by Gasteiger charge is -2.22. The number of aromatic nitrogens is 1. The van der Waals surface area contributed by atoms with E-state index in [9.17, 15) is 35.9 Å². The van der Waals surface area contributed by atoms with Gasteiger partial charge in [0.15, 0.2) is 11.5 Å². The number of rotatable bonds is 8. The first-order chi connectivity index (χ1) is 18.3. The van der Waals surface area contributed by atoms with Gasteiger partial charge in [0.25, 0.3) is 11.8 Å². The van der Waals surface area contributed by atoms with Crippen LogP contribution in [0.3, 0.4) is 0 Å². The first-order valence-electron chi connectivity index (χ1n) is 10.6. The number of hydrogen-bond acceptors (Lipinski definition) is 9. The van der Waals surface area contributed by atoms with Gasteiger partial charge in [-0.3, -0.25) is 9.59 Å². The summed E-state index contributed by atoms with van der Waals surface area (Å²) in [7, 11) is 0. The van der Waals surface area contributed by atoms with Crippen molar-refractivity contribution in [1.29, 1.82) is 0 Å². The molecule has 0 saturated heterocycles. The molecule has 1 aromatic heterocycles. The fourth-order valence-corrected chi connectivity index (χ4v) is 3.58. The average Bonchev–Trinajstić information content (AvgIpc) is 2.78. The summed E-state index contributed by atoms with van der Waals surface area (Å²) in [5, 5.41) is 2.34. The number of nitrogens with two attached hydrogens (primary N) is 1. The molecule has 0 radical (unpaired) electrons.